The normalized spacial score (nSPS) is 17.3. The molecule has 0 aliphatic carbocycles. The summed E-state index contributed by atoms with van der Waals surface area (Å²) in [5.41, 5.74) is 3.15. The van der Waals surface area contributed by atoms with Crippen LogP contribution >= 0.6 is 0 Å². The summed E-state index contributed by atoms with van der Waals surface area (Å²) < 4.78 is 7.41. The Labute approximate surface area is 205 Å². The van der Waals surface area contributed by atoms with E-state index in [0.29, 0.717) is 30.2 Å². The van der Waals surface area contributed by atoms with Gasteiger partial charge < -0.3 is 14.6 Å². The number of hydrogen-bond donors (Lipinski definition) is 1. The molecule has 178 valence electrons. The van der Waals surface area contributed by atoms with Crippen molar-refractivity contribution in [2.75, 3.05) is 12.0 Å². The Bertz CT molecular complexity index is 1410. The minimum atomic E-state index is -1.14. The van der Waals surface area contributed by atoms with E-state index in [1.165, 1.54) is 5.56 Å². The van der Waals surface area contributed by atoms with E-state index >= 15 is 0 Å². The largest absolute Gasteiger partial charge is 0.496 e. The van der Waals surface area contributed by atoms with Crippen LogP contribution in [0.3, 0.4) is 0 Å². The van der Waals surface area contributed by atoms with Crippen LogP contribution in [0.1, 0.15) is 35.5 Å². The van der Waals surface area contributed by atoms with Gasteiger partial charge in [0.1, 0.15) is 17.0 Å². The van der Waals surface area contributed by atoms with E-state index in [-0.39, 0.29) is 11.8 Å². The molecule has 1 atom stereocenters. The summed E-state index contributed by atoms with van der Waals surface area (Å²) >= 11 is 0. The van der Waals surface area contributed by atoms with Gasteiger partial charge in [-0.25, -0.2) is 0 Å². The molecule has 3 aromatic carbocycles. The Balaban J connectivity index is 1.56. The van der Waals surface area contributed by atoms with Gasteiger partial charge in [-0.3, -0.25) is 14.5 Å². The van der Waals surface area contributed by atoms with Gasteiger partial charge in [0.2, 0.25) is 5.91 Å². The first-order valence-corrected chi connectivity index (χ1v) is 11.9. The van der Waals surface area contributed by atoms with E-state index < -0.39 is 5.54 Å². The van der Waals surface area contributed by atoms with Gasteiger partial charge in [0, 0.05) is 28.7 Å². The predicted molar refractivity (Wildman–Crippen MR) is 138 cm³/mol. The van der Waals surface area contributed by atoms with Crippen molar-refractivity contribution in [1.29, 1.82) is 0 Å². The lowest BCUT2D eigenvalue weighted by Gasteiger charge is -2.44. The first-order chi connectivity index (χ1) is 17.0. The predicted octanol–water partition coefficient (Wildman–Crippen LogP) is 4.95. The molecular weight excluding hydrogens is 438 g/mol. The van der Waals surface area contributed by atoms with Crippen LogP contribution in [0, 0.1) is 0 Å². The highest BCUT2D eigenvalue weighted by Crippen LogP contribution is 2.36. The number of hydrogen-bond acceptors (Lipinski definition) is 3. The maximum Gasteiger partial charge on any atom is 0.275 e. The number of amides is 2. The molecule has 0 saturated heterocycles. The number of benzene rings is 3. The number of para-hydroxylation sites is 2. The molecule has 1 aliphatic rings. The molecule has 0 spiro atoms. The van der Waals surface area contributed by atoms with Crippen LogP contribution in [0.25, 0.3) is 10.9 Å². The van der Waals surface area contributed by atoms with Crippen molar-refractivity contribution < 1.29 is 14.3 Å². The number of anilines is 1. The number of ether oxygens (including phenoxy) is 1. The van der Waals surface area contributed by atoms with Crippen LogP contribution < -0.4 is 15.0 Å². The molecule has 6 nitrogen and oxygen atoms in total. The molecule has 0 unspecified atom stereocenters. The van der Waals surface area contributed by atoms with E-state index in [1.54, 1.807) is 12.0 Å². The van der Waals surface area contributed by atoms with Crippen LogP contribution in [0.2, 0.25) is 0 Å². The van der Waals surface area contributed by atoms with Gasteiger partial charge in [0.05, 0.1) is 13.7 Å². The number of fused-ring (bicyclic) bond motifs is 3. The summed E-state index contributed by atoms with van der Waals surface area (Å²) in [5, 5.41) is 4.05. The van der Waals surface area contributed by atoms with Crippen molar-refractivity contribution in [2.24, 2.45) is 0 Å². The monoisotopic (exact) mass is 467 g/mol. The summed E-state index contributed by atoms with van der Waals surface area (Å²) in [6.45, 7) is 4.58. The van der Waals surface area contributed by atoms with Crippen LogP contribution in [0.5, 0.6) is 5.75 Å². The number of nitrogens with one attached hydrogen (secondary N) is 1. The lowest BCUT2D eigenvalue weighted by molar-refractivity contribution is -0.126. The third-order valence-corrected chi connectivity index (χ3v) is 6.92. The maximum absolute atomic E-state index is 13.9. The molecule has 4 aromatic rings. The Morgan fingerprint density at radius 1 is 1.03 bits per heavy atom. The maximum atomic E-state index is 13.9. The molecule has 2 heterocycles. The van der Waals surface area contributed by atoms with Crippen molar-refractivity contribution in [3.63, 3.8) is 0 Å². The second-order valence-electron chi connectivity index (χ2n) is 9.10. The molecule has 0 saturated carbocycles. The number of methoxy groups -OCH3 is 1. The highest BCUT2D eigenvalue weighted by Gasteiger charge is 2.48. The summed E-state index contributed by atoms with van der Waals surface area (Å²) in [6, 6.07) is 25.3. The zero-order chi connectivity index (χ0) is 24.6. The third-order valence-electron chi connectivity index (χ3n) is 6.92. The van der Waals surface area contributed by atoms with Gasteiger partial charge in [-0.2, -0.15) is 0 Å². The highest BCUT2D eigenvalue weighted by molar-refractivity contribution is 6.14. The molecule has 2 amide bonds. The Morgan fingerprint density at radius 2 is 1.74 bits per heavy atom. The average molecular weight is 468 g/mol. The SMILES string of the molecule is CCc1ccc(N2C(=O)c3cc4ccccc4n3C[C@@]2(C)C(=O)NCc2ccccc2OC)cc1. The number of aromatic nitrogens is 1. The fourth-order valence-electron chi connectivity index (χ4n) is 4.95. The lowest BCUT2D eigenvalue weighted by atomic mass is 9.93. The second-order valence-corrected chi connectivity index (χ2v) is 9.10. The quantitative estimate of drug-likeness (QED) is 0.437. The molecule has 1 N–H and O–H groups in total. The zero-order valence-corrected chi connectivity index (χ0v) is 20.2. The van der Waals surface area contributed by atoms with Crippen molar-refractivity contribution in [3.8, 4) is 5.75 Å². The second kappa shape index (κ2) is 8.95. The molecule has 35 heavy (non-hydrogen) atoms. The minimum absolute atomic E-state index is 0.188. The van der Waals surface area contributed by atoms with Gasteiger partial charge in [0.25, 0.3) is 5.91 Å². The molecule has 0 fully saturated rings. The fraction of sp³-hybridized carbons (Fsp3) is 0.241. The fourth-order valence-corrected chi connectivity index (χ4v) is 4.95. The molecular formula is C29H29N3O3. The van der Waals surface area contributed by atoms with E-state index in [2.05, 4.69) is 12.2 Å². The minimum Gasteiger partial charge on any atom is -0.496 e. The first kappa shape index (κ1) is 22.7. The summed E-state index contributed by atoms with van der Waals surface area (Å²) in [7, 11) is 1.61. The van der Waals surface area contributed by atoms with E-state index in [4.69, 9.17) is 4.74 Å². The van der Waals surface area contributed by atoms with Crippen molar-refractivity contribution in [3.05, 3.63) is 95.7 Å². The number of carbonyl (C=O) groups excluding carboxylic acids is 2. The molecule has 0 radical (unpaired) electrons. The van der Waals surface area contributed by atoms with Gasteiger partial charge in [0.15, 0.2) is 0 Å². The zero-order valence-electron chi connectivity index (χ0n) is 20.2. The molecule has 1 aromatic heterocycles. The smallest absolute Gasteiger partial charge is 0.275 e. The Hall–Kier alpha value is -4.06. The van der Waals surface area contributed by atoms with Crippen molar-refractivity contribution in [1.82, 2.24) is 9.88 Å². The van der Waals surface area contributed by atoms with Gasteiger partial charge in [-0.1, -0.05) is 55.5 Å². The number of aryl methyl sites for hydroxylation is 1. The Kier molecular flexibility index (Phi) is 5.81. The number of carbonyl (C=O) groups is 2. The van der Waals surface area contributed by atoms with Gasteiger partial charge in [-0.05, 0) is 49.2 Å². The summed E-state index contributed by atoms with van der Waals surface area (Å²) in [6.07, 6.45) is 0.902. The van der Waals surface area contributed by atoms with E-state index in [1.807, 2.05) is 90.4 Å². The van der Waals surface area contributed by atoms with E-state index in [0.717, 1.165) is 22.9 Å². The van der Waals surface area contributed by atoms with Crippen molar-refractivity contribution >= 4 is 28.4 Å². The van der Waals surface area contributed by atoms with Crippen LogP contribution in [-0.2, 0) is 24.3 Å². The summed E-state index contributed by atoms with van der Waals surface area (Å²) in [4.78, 5) is 29.4. The van der Waals surface area contributed by atoms with Crippen molar-refractivity contribution in [2.45, 2.75) is 38.9 Å². The number of nitrogens with zero attached hydrogens (tertiary/aromatic N) is 2. The van der Waals surface area contributed by atoms with Crippen LogP contribution in [-0.4, -0.2) is 29.0 Å². The van der Waals surface area contributed by atoms with E-state index in [9.17, 15) is 9.59 Å². The highest BCUT2D eigenvalue weighted by atomic mass is 16.5. The third kappa shape index (κ3) is 3.85. The molecule has 5 rings (SSSR count). The van der Waals surface area contributed by atoms with Gasteiger partial charge in [-0.15, -0.1) is 0 Å². The van der Waals surface area contributed by atoms with Crippen LogP contribution in [0.15, 0.2) is 78.9 Å². The lowest BCUT2D eigenvalue weighted by Crippen LogP contribution is -2.64. The molecule has 6 heteroatoms. The Morgan fingerprint density at radius 3 is 2.49 bits per heavy atom. The summed E-state index contributed by atoms with van der Waals surface area (Å²) in [5.74, 6) is 0.301. The molecule has 1 aliphatic heterocycles. The number of rotatable bonds is 6. The first-order valence-electron chi connectivity index (χ1n) is 11.9. The van der Waals surface area contributed by atoms with Crippen LogP contribution in [0.4, 0.5) is 5.69 Å². The van der Waals surface area contributed by atoms with Gasteiger partial charge >= 0.3 is 0 Å². The standard InChI is InChI=1S/C29H29N3O3/c1-4-20-13-15-23(16-14-20)32-27(33)25-17-21-9-5-7-11-24(21)31(25)19-29(32,2)28(34)30-18-22-10-6-8-12-26(22)35-3/h5-17H,4,18-19H2,1-3H3,(H,30,34)/t29-/m0/s1. The molecule has 0 bridgehead atoms. The average Bonchev–Trinajstić information content (AvgIpc) is 3.26. The topological polar surface area (TPSA) is 63.6 Å².